The Morgan fingerprint density at radius 3 is 2.72 bits per heavy atom. The van der Waals surface area contributed by atoms with Gasteiger partial charge in [-0.15, -0.1) is 5.10 Å². The number of hydrogen-bond donors (Lipinski definition) is 2. The van der Waals surface area contributed by atoms with Gasteiger partial charge in [0.05, 0.1) is 11.4 Å². The Kier molecular flexibility index (Phi) is 4.01. The summed E-state index contributed by atoms with van der Waals surface area (Å²) in [5, 5.41) is 29.9. The number of aromatic hydroxyl groups is 1. The molecule has 3 unspecified atom stereocenters. The lowest BCUT2D eigenvalue weighted by Crippen LogP contribution is -2.38. The molecule has 5 nitrogen and oxygen atoms in total. The van der Waals surface area contributed by atoms with Crippen LogP contribution >= 0.6 is 0 Å². The summed E-state index contributed by atoms with van der Waals surface area (Å²) in [5.74, 6) is 0.211. The number of phenols is 1. The van der Waals surface area contributed by atoms with Gasteiger partial charge in [-0.1, -0.05) is 6.07 Å². The molecule has 132 valence electrons. The molecule has 1 aromatic heterocycles. The number of piperidine rings is 1. The standard InChI is InChI=1S/C20H25N3O2/c1-13-4-5-15(17(24)10-13)18-14(2)11-16(21-22-18)19(25)20-6-3-8-23(12-20)9-7-20/h4-5,10-11,19,24-25H,3,6-9,12H2,1-2H3. The van der Waals surface area contributed by atoms with Crippen LogP contribution in [-0.2, 0) is 0 Å². The predicted octanol–water partition coefficient (Wildman–Crippen LogP) is 2.99. The molecule has 2 aliphatic rings. The molecule has 0 spiro atoms. The van der Waals surface area contributed by atoms with Crippen molar-refractivity contribution in [3.8, 4) is 17.0 Å². The molecule has 2 aliphatic heterocycles. The summed E-state index contributed by atoms with van der Waals surface area (Å²) in [4.78, 5) is 2.44. The van der Waals surface area contributed by atoms with Crippen LogP contribution in [-0.4, -0.2) is 44.9 Å². The molecule has 25 heavy (non-hydrogen) atoms. The molecule has 5 heteroatoms. The number of aromatic nitrogens is 2. The van der Waals surface area contributed by atoms with Crippen molar-refractivity contribution in [3.63, 3.8) is 0 Å². The van der Waals surface area contributed by atoms with E-state index < -0.39 is 6.10 Å². The fourth-order valence-corrected chi connectivity index (χ4v) is 4.45. The first-order valence-corrected chi connectivity index (χ1v) is 9.03. The van der Waals surface area contributed by atoms with Gasteiger partial charge in [0, 0.05) is 17.5 Å². The van der Waals surface area contributed by atoms with Gasteiger partial charge in [0.15, 0.2) is 0 Å². The lowest BCUT2D eigenvalue weighted by molar-refractivity contribution is 0.00373. The highest BCUT2D eigenvalue weighted by Crippen LogP contribution is 2.48. The minimum Gasteiger partial charge on any atom is -0.507 e. The van der Waals surface area contributed by atoms with Crippen molar-refractivity contribution >= 4 is 0 Å². The summed E-state index contributed by atoms with van der Waals surface area (Å²) in [6.45, 7) is 7.06. The number of aliphatic hydroxyl groups is 1. The molecular formula is C20H25N3O2. The zero-order valence-corrected chi connectivity index (χ0v) is 14.9. The van der Waals surface area contributed by atoms with Gasteiger partial charge in [0.2, 0.25) is 0 Å². The largest absolute Gasteiger partial charge is 0.507 e. The Morgan fingerprint density at radius 2 is 1.96 bits per heavy atom. The number of aryl methyl sites for hydroxylation is 2. The van der Waals surface area contributed by atoms with Crippen molar-refractivity contribution in [2.24, 2.45) is 5.41 Å². The van der Waals surface area contributed by atoms with Crippen molar-refractivity contribution in [2.75, 3.05) is 19.6 Å². The SMILES string of the molecule is Cc1ccc(-c2nnc(C(O)C34CCCN(CC3)C4)cc2C)c(O)c1. The molecule has 0 aliphatic carbocycles. The highest BCUT2D eigenvalue weighted by Gasteiger charge is 2.47. The van der Waals surface area contributed by atoms with E-state index in [1.807, 2.05) is 32.0 Å². The minimum atomic E-state index is -0.579. The van der Waals surface area contributed by atoms with E-state index in [4.69, 9.17) is 0 Å². The van der Waals surface area contributed by atoms with Gasteiger partial charge in [-0.25, -0.2) is 0 Å². The summed E-state index contributed by atoms with van der Waals surface area (Å²) in [6.07, 6.45) is 2.63. The average Bonchev–Trinajstić information content (AvgIpc) is 2.90. The number of benzene rings is 1. The van der Waals surface area contributed by atoms with Crippen LogP contribution in [0.25, 0.3) is 11.3 Å². The quantitative estimate of drug-likeness (QED) is 0.900. The fourth-order valence-electron chi connectivity index (χ4n) is 4.45. The number of aliphatic hydroxyl groups excluding tert-OH is 1. The van der Waals surface area contributed by atoms with E-state index in [0.29, 0.717) is 17.0 Å². The first-order valence-electron chi connectivity index (χ1n) is 9.03. The van der Waals surface area contributed by atoms with Crippen molar-refractivity contribution < 1.29 is 10.2 Å². The third-order valence-corrected chi connectivity index (χ3v) is 5.89. The molecule has 2 fully saturated rings. The minimum absolute atomic E-state index is 0.0765. The van der Waals surface area contributed by atoms with E-state index in [2.05, 4.69) is 15.1 Å². The van der Waals surface area contributed by atoms with Crippen LogP contribution in [0.3, 0.4) is 0 Å². The van der Waals surface area contributed by atoms with Gasteiger partial charge in [0.25, 0.3) is 0 Å². The normalized spacial score (nSPS) is 26.6. The third-order valence-electron chi connectivity index (χ3n) is 5.89. The molecule has 4 rings (SSSR count). The van der Waals surface area contributed by atoms with Gasteiger partial charge in [-0.2, -0.15) is 5.10 Å². The third kappa shape index (κ3) is 2.81. The van der Waals surface area contributed by atoms with E-state index in [1.165, 1.54) is 0 Å². The van der Waals surface area contributed by atoms with E-state index in [-0.39, 0.29) is 11.2 Å². The number of rotatable bonds is 3. The summed E-state index contributed by atoms with van der Waals surface area (Å²) >= 11 is 0. The molecule has 0 amide bonds. The second kappa shape index (κ2) is 6.07. The molecule has 2 aromatic rings. The van der Waals surface area contributed by atoms with Crippen LogP contribution in [0, 0.1) is 19.3 Å². The Morgan fingerprint density at radius 1 is 1.12 bits per heavy atom. The van der Waals surface area contributed by atoms with Gasteiger partial charge in [-0.05, 0) is 75.5 Å². The lowest BCUT2D eigenvalue weighted by atomic mass is 9.74. The predicted molar refractivity (Wildman–Crippen MR) is 96.3 cm³/mol. The Hall–Kier alpha value is -1.98. The Bertz CT molecular complexity index is 804. The van der Waals surface area contributed by atoms with Crippen LogP contribution in [0.5, 0.6) is 5.75 Å². The Labute approximate surface area is 148 Å². The van der Waals surface area contributed by atoms with Gasteiger partial charge in [-0.3, -0.25) is 0 Å². The van der Waals surface area contributed by atoms with Gasteiger partial charge >= 0.3 is 0 Å². The lowest BCUT2D eigenvalue weighted by Gasteiger charge is -2.37. The number of phenolic OH excluding ortho intramolecular Hbond substituents is 1. The summed E-state index contributed by atoms with van der Waals surface area (Å²) in [5.41, 5.74) is 3.84. The topological polar surface area (TPSA) is 69.5 Å². The van der Waals surface area contributed by atoms with Crippen molar-refractivity contribution in [1.82, 2.24) is 15.1 Å². The van der Waals surface area contributed by atoms with Crippen LogP contribution in [0.2, 0.25) is 0 Å². The first-order chi connectivity index (χ1) is 12.0. The molecular weight excluding hydrogens is 314 g/mol. The van der Waals surface area contributed by atoms with Gasteiger partial charge in [0.1, 0.15) is 11.9 Å². The second-order valence-corrected chi connectivity index (χ2v) is 7.72. The molecule has 1 aromatic carbocycles. The van der Waals surface area contributed by atoms with Crippen LogP contribution in [0.4, 0.5) is 0 Å². The summed E-state index contributed by atoms with van der Waals surface area (Å²) in [6, 6.07) is 7.48. The van der Waals surface area contributed by atoms with E-state index in [0.717, 1.165) is 50.0 Å². The monoisotopic (exact) mass is 339 g/mol. The van der Waals surface area contributed by atoms with Crippen LogP contribution in [0.15, 0.2) is 24.3 Å². The highest BCUT2D eigenvalue weighted by molar-refractivity contribution is 5.69. The number of nitrogens with zero attached hydrogens (tertiary/aromatic N) is 3. The van der Waals surface area contributed by atoms with E-state index in [1.54, 1.807) is 6.07 Å². The number of hydrogen-bond acceptors (Lipinski definition) is 5. The molecule has 0 radical (unpaired) electrons. The Balaban J connectivity index is 1.66. The van der Waals surface area contributed by atoms with Crippen molar-refractivity contribution in [1.29, 1.82) is 0 Å². The van der Waals surface area contributed by atoms with Gasteiger partial charge < -0.3 is 15.1 Å². The summed E-state index contributed by atoms with van der Waals surface area (Å²) < 4.78 is 0. The van der Waals surface area contributed by atoms with Crippen LogP contribution < -0.4 is 0 Å². The molecule has 0 saturated carbocycles. The first kappa shape index (κ1) is 16.5. The van der Waals surface area contributed by atoms with E-state index in [9.17, 15) is 10.2 Å². The van der Waals surface area contributed by atoms with Crippen LogP contribution in [0.1, 0.15) is 42.2 Å². The van der Waals surface area contributed by atoms with E-state index >= 15 is 0 Å². The summed E-state index contributed by atoms with van der Waals surface area (Å²) in [7, 11) is 0. The average molecular weight is 339 g/mol. The fraction of sp³-hybridized carbons (Fsp3) is 0.500. The zero-order chi connectivity index (χ0) is 17.6. The second-order valence-electron chi connectivity index (χ2n) is 7.72. The molecule has 2 bridgehead atoms. The maximum absolute atomic E-state index is 11.0. The smallest absolute Gasteiger partial charge is 0.125 e. The zero-order valence-electron chi connectivity index (χ0n) is 14.9. The molecule has 3 atom stereocenters. The van der Waals surface area contributed by atoms with Crippen molar-refractivity contribution in [3.05, 3.63) is 41.1 Å². The number of fused-ring (bicyclic) bond motifs is 2. The molecule has 3 heterocycles. The maximum atomic E-state index is 11.0. The van der Waals surface area contributed by atoms with Crippen molar-refractivity contribution in [2.45, 2.75) is 39.2 Å². The maximum Gasteiger partial charge on any atom is 0.125 e. The highest BCUT2D eigenvalue weighted by atomic mass is 16.3. The molecule has 2 N–H and O–H groups in total. The molecule has 2 saturated heterocycles.